The third-order valence-corrected chi connectivity index (χ3v) is 2.14. The van der Waals surface area contributed by atoms with E-state index in [1.54, 1.807) is 0 Å². The average molecular weight is 200 g/mol. The Hall–Kier alpha value is -0.610. The Morgan fingerprint density at radius 1 is 1.64 bits per heavy atom. The summed E-state index contributed by atoms with van der Waals surface area (Å²) in [5.41, 5.74) is 5.32. The van der Waals surface area contributed by atoms with Gasteiger partial charge in [-0.1, -0.05) is 0 Å². The second kappa shape index (κ2) is 4.75. The van der Waals surface area contributed by atoms with Crippen molar-refractivity contribution in [3.8, 4) is 0 Å². The molecule has 0 bridgehead atoms. The van der Waals surface area contributed by atoms with Crippen molar-refractivity contribution in [3.63, 3.8) is 0 Å². The SMILES string of the molecule is CC(C)(N)CC(=O)NC1CCCOC1. The van der Waals surface area contributed by atoms with Crippen LogP contribution in [0.1, 0.15) is 33.1 Å². The molecule has 0 aromatic rings. The molecule has 1 unspecified atom stereocenters. The van der Waals surface area contributed by atoms with Gasteiger partial charge in [0.25, 0.3) is 0 Å². The highest BCUT2D eigenvalue weighted by molar-refractivity contribution is 5.77. The first-order valence-electron chi connectivity index (χ1n) is 5.13. The van der Waals surface area contributed by atoms with E-state index < -0.39 is 5.54 Å². The normalized spacial score (nSPS) is 23.2. The van der Waals surface area contributed by atoms with Gasteiger partial charge in [0.05, 0.1) is 12.6 Å². The highest BCUT2D eigenvalue weighted by atomic mass is 16.5. The van der Waals surface area contributed by atoms with Gasteiger partial charge in [0.15, 0.2) is 0 Å². The van der Waals surface area contributed by atoms with Crippen LogP contribution < -0.4 is 11.1 Å². The molecule has 4 heteroatoms. The molecule has 1 aliphatic rings. The molecule has 4 nitrogen and oxygen atoms in total. The molecule has 1 saturated heterocycles. The van der Waals surface area contributed by atoms with E-state index >= 15 is 0 Å². The number of carbonyl (C=O) groups is 1. The Bertz CT molecular complexity index is 193. The van der Waals surface area contributed by atoms with E-state index in [0.29, 0.717) is 13.0 Å². The summed E-state index contributed by atoms with van der Waals surface area (Å²) in [5, 5.41) is 2.93. The zero-order chi connectivity index (χ0) is 10.6. The molecule has 0 spiro atoms. The number of carbonyl (C=O) groups excluding carboxylic acids is 1. The van der Waals surface area contributed by atoms with Crippen LogP contribution in [-0.4, -0.2) is 30.7 Å². The average Bonchev–Trinajstić information content (AvgIpc) is 2.02. The molecule has 0 aliphatic carbocycles. The highest BCUT2D eigenvalue weighted by Crippen LogP contribution is 2.08. The van der Waals surface area contributed by atoms with E-state index in [9.17, 15) is 4.79 Å². The lowest BCUT2D eigenvalue weighted by Crippen LogP contribution is -2.45. The van der Waals surface area contributed by atoms with Crippen LogP contribution in [0.2, 0.25) is 0 Å². The summed E-state index contributed by atoms with van der Waals surface area (Å²) in [6, 6.07) is 0.179. The van der Waals surface area contributed by atoms with Crippen LogP contribution in [0.3, 0.4) is 0 Å². The molecule has 1 fully saturated rings. The van der Waals surface area contributed by atoms with E-state index in [0.717, 1.165) is 19.4 Å². The number of rotatable bonds is 3. The predicted octanol–water partition coefficient (Wildman–Crippen LogP) is 0.409. The van der Waals surface area contributed by atoms with Crippen LogP contribution in [0.4, 0.5) is 0 Å². The molecule has 1 heterocycles. The zero-order valence-corrected chi connectivity index (χ0v) is 9.01. The third-order valence-electron chi connectivity index (χ3n) is 2.14. The fourth-order valence-corrected chi connectivity index (χ4v) is 1.55. The molecule has 0 aromatic carbocycles. The Balaban J connectivity index is 2.25. The Kier molecular flexibility index (Phi) is 3.89. The van der Waals surface area contributed by atoms with Crippen LogP contribution >= 0.6 is 0 Å². The fraction of sp³-hybridized carbons (Fsp3) is 0.900. The number of ether oxygens (including phenoxy) is 1. The summed E-state index contributed by atoms with van der Waals surface area (Å²) in [6.45, 7) is 5.15. The molecular formula is C10H20N2O2. The molecular weight excluding hydrogens is 180 g/mol. The minimum Gasteiger partial charge on any atom is -0.379 e. The van der Waals surface area contributed by atoms with Crippen molar-refractivity contribution in [2.45, 2.75) is 44.7 Å². The van der Waals surface area contributed by atoms with E-state index in [1.165, 1.54) is 0 Å². The molecule has 82 valence electrons. The summed E-state index contributed by atoms with van der Waals surface area (Å²) in [6.07, 6.45) is 2.40. The maximum atomic E-state index is 11.5. The summed E-state index contributed by atoms with van der Waals surface area (Å²) in [5.74, 6) is 0.0213. The lowest BCUT2D eigenvalue weighted by atomic mass is 10.0. The number of hydrogen-bond acceptors (Lipinski definition) is 3. The van der Waals surface area contributed by atoms with Gasteiger partial charge in [-0.15, -0.1) is 0 Å². The molecule has 1 rings (SSSR count). The molecule has 1 atom stereocenters. The largest absolute Gasteiger partial charge is 0.379 e. The zero-order valence-electron chi connectivity index (χ0n) is 9.01. The van der Waals surface area contributed by atoms with E-state index in [4.69, 9.17) is 10.5 Å². The van der Waals surface area contributed by atoms with Gasteiger partial charge in [0.2, 0.25) is 5.91 Å². The van der Waals surface area contributed by atoms with Crippen molar-refractivity contribution in [1.82, 2.24) is 5.32 Å². The third kappa shape index (κ3) is 4.58. The summed E-state index contributed by atoms with van der Waals surface area (Å²) in [4.78, 5) is 11.5. The van der Waals surface area contributed by atoms with Gasteiger partial charge in [-0.3, -0.25) is 4.79 Å². The van der Waals surface area contributed by atoms with E-state index in [2.05, 4.69) is 5.32 Å². The van der Waals surface area contributed by atoms with Crippen LogP contribution in [0, 0.1) is 0 Å². The maximum absolute atomic E-state index is 11.5. The monoisotopic (exact) mass is 200 g/mol. The van der Waals surface area contributed by atoms with Gasteiger partial charge in [0.1, 0.15) is 0 Å². The molecule has 0 aromatic heterocycles. The molecule has 1 amide bonds. The van der Waals surface area contributed by atoms with Gasteiger partial charge in [-0.25, -0.2) is 0 Å². The smallest absolute Gasteiger partial charge is 0.222 e. The first kappa shape index (κ1) is 11.5. The van der Waals surface area contributed by atoms with Crippen LogP contribution in [0.5, 0.6) is 0 Å². The van der Waals surface area contributed by atoms with Crippen molar-refractivity contribution in [1.29, 1.82) is 0 Å². The second-order valence-electron chi connectivity index (χ2n) is 4.65. The Morgan fingerprint density at radius 3 is 2.86 bits per heavy atom. The van der Waals surface area contributed by atoms with E-state index in [-0.39, 0.29) is 11.9 Å². The van der Waals surface area contributed by atoms with E-state index in [1.807, 2.05) is 13.8 Å². The maximum Gasteiger partial charge on any atom is 0.222 e. The Morgan fingerprint density at radius 2 is 2.36 bits per heavy atom. The van der Waals surface area contributed by atoms with Gasteiger partial charge >= 0.3 is 0 Å². The quantitative estimate of drug-likeness (QED) is 0.693. The molecule has 0 saturated carbocycles. The topological polar surface area (TPSA) is 64.4 Å². The van der Waals surface area contributed by atoms with Crippen LogP contribution in [-0.2, 0) is 9.53 Å². The van der Waals surface area contributed by atoms with Crippen molar-refractivity contribution in [2.24, 2.45) is 5.73 Å². The minimum atomic E-state index is -0.431. The van der Waals surface area contributed by atoms with Gasteiger partial charge in [0, 0.05) is 18.6 Å². The fourth-order valence-electron chi connectivity index (χ4n) is 1.55. The van der Waals surface area contributed by atoms with Crippen molar-refractivity contribution in [3.05, 3.63) is 0 Å². The van der Waals surface area contributed by atoms with Gasteiger partial charge in [-0.2, -0.15) is 0 Å². The number of nitrogens with one attached hydrogen (secondary N) is 1. The number of hydrogen-bond donors (Lipinski definition) is 2. The lowest BCUT2D eigenvalue weighted by Gasteiger charge is -2.25. The van der Waals surface area contributed by atoms with Crippen LogP contribution in [0.15, 0.2) is 0 Å². The van der Waals surface area contributed by atoms with Crippen molar-refractivity contribution < 1.29 is 9.53 Å². The van der Waals surface area contributed by atoms with Crippen LogP contribution in [0.25, 0.3) is 0 Å². The first-order chi connectivity index (χ1) is 6.47. The molecule has 3 N–H and O–H groups in total. The minimum absolute atomic E-state index is 0.0213. The lowest BCUT2D eigenvalue weighted by molar-refractivity contribution is -0.123. The summed E-state index contributed by atoms with van der Waals surface area (Å²) >= 11 is 0. The van der Waals surface area contributed by atoms with Crippen molar-refractivity contribution in [2.75, 3.05) is 13.2 Å². The molecule has 1 aliphatic heterocycles. The predicted molar refractivity (Wildman–Crippen MR) is 54.9 cm³/mol. The highest BCUT2D eigenvalue weighted by Gasteiger charge is 2.20. The number of nitrogens with two attached hydrogens (primary N) is 1. The standard InChI is InChI=1S/C10H20N2O2/c1-10(2,11)6-9(13)12-8-4-3-5-14-7-8/h8H,3-7,11H2,1-2H3,(H,12,13). The van der Waals surface area contributed by atoms with Gasteiger partial charge < -0.3 is 15.8 Å². The first-order valence-corrected chi connectivity index (χ1v) is 5.13. The van der Waals surface area contributed by atoms with Gasteiger partial charge in [-0.05, 0) is 26.7 Å². The molecule has 0 radical (unpaired) electrons. The summed E-state index contributed by atoms with van der Waals surface area (Å²) in [7, 11) is 0. The number of amides is 1. The Labute approximate surface area is 85.2 Å². The van der Waals surface area contributed by atoms with Crippen molar-refractivity contribution >= 4 is 5.91 Å². The second-order valence-corrected chi connectivity index (χ2v) is 4.65. The summed E-state index contributed by atoms with van der Waals surface area (Å²) < 4.78 is 5.27. The molecule has 14 heavy (non-hydrogen) atoms.